The smallest absolute Gasteiger partial charge is 0.241 e. The zero-order valence-electron chi connectivity index (χ0n) is 10.7. The molecule has 0 bridgehead atoms. The molecule has 0 saturated carbocycles. The average Bonchev–Trinajstić information content (AvgIpc) is 3.09. The first-order valence-corrected chi connectivity index (χ1v) is 7.51. The normalized spacial score (nSPS) is 20.8. The third-order valence-corrected chi connectivity index (χ3v) is 4.23. The number of nitrogens with zero attached hydrogens (tertiary/aromatic N) is 3. The summed E-state index contributed by atoms with van der Waals surface area (Å²) in [7, 11) is 0. The highest BCUT2D eigenvalue weighted by molar-refractivity contribution is 7.08. The number of aliphatic hydroxyl groups excluding tert-OH is 1. The molecule has 1 atom stereocenters. The van der Waals surface area contributed by atoms with Gasteiger partial charge in [-0.15, -0.1) is 0 Å². The standard InChI is InChI=1S/C13H17N3O2S/c17-8-11-3-1-2-5-16(11)7-12-14-13(15-18-12)10-4-6-19-9-10/h4,6,9,11,17H,1-3,5,7-8H2. The van der Waals surface area contributed by atoms with E-state index in [-0.39, 0.29) is 12.6 Å². The number of rotatable bonds is 4. The Hall–Kier alpha value is -1.24. The first-order chi connectivity index (χ1) is 9.36. The largest absolute Gasteiger partial charge is 0.395 e. The third-order valence-electron chi connectivity index (χ3n) is 3.55. The van der Waals surface area contributed by atoms with Gasteiger partial charge in [-0.25, -0.2) is 0 Å². The highest BCUT2D eigenvalue weighted by Gasteiger charge is 2.23. The van der Waals surface area contributed by atoms with E-state index in [1.54, 1.807) is 11.3 Å². The van der Waals surface area contributed by atoms with Crippen LogP contribution in [0.3, 0.4) is 0 Å². The van der Waals surface area contributed by atoms with Crippen LogP contribution in [0.5, 0.6) is 0 Å². The van der Waals surface area contributed by atoms with Crippen molar-refractivity contribution < 1.29 is 9.63 Å². The van der Waals surface area contributed by atoms with Gasteiger partial charge in [-0.05, 0) is 30.8 Å². The predicted molar refractivity (Wildman–Crippen MR) is 72.7 cm³/mol. The maximum Gasteiger partial charge on any atom is 0.241 e. The lowest BCUT2D eigenvalue weighted by molar-refractivity contribution is 0.0749. The van der Waals surface area contributed by atoms with Gasteiger partial charge in [0.1, 0.15) is 0 Å². The molecule has 0 amide bonds. The molecule has 19 heavy (non-hydrogen) atoms. The van der Waals surface area contributed by atoms with Crippen LogP contribution in [0, 0.1) is 0 Å². The Morgan fingerprint density at radius 1 is 1.47 bits per heavy atom. The molecule has 1 fully saturated rings. The fraction of sp³-hybridized carbons (Fsp3) is 0.538. The van der Waals surface area contributed by atoms with Crippen LogP contribution < -0.4 is 0 Å². The molecule has 2 aromatic rings. The number of likely N-dealkylation sites (tertiary alicyclic amines) is 1. The van der Waals surface area contributed by atoms with Gasteiger partial charge in [-0.1, -0.05) is 11.6 Å². The molecule has 102 valence electrons. The van der Waals surface area contributed by atoms with Gasteiger partial charge in [-0.2, -0.15) is 16.3 Å². The number of piperidine rings is 1. The fourth-order valence-corrected chi connectivity index (χ4v) is 3.11. The van der Waals surface area contributed by atoms with Crippen LogP contribution >= 0.6 is 11.3 Å². The van der Waals surface area contributed by atoms with Crippen molar-refractivity contribution in [3.63, 3.8) is 0 Å². The number of aliphatic hydroxyl groups is 1. The molecule has 3 rings (SSSR count). The Kier molecular flexibility index (Phi) is 3.91. The summed E-state index contributed by atoms with van der Waals surface area (Å²) >= 11 is 1.62. The van der Waals surface area contributed by atoms with Gasteiger partial charge in [0.15, 0.2) is 0 Å². The Morgan fingerprint density at radius 3 is 3.21 bits per heavy atom. The highest BCUT2D eigenvalue weighted by Crippen LogP contribution is 2.21. The minimum atomic E-state index is 0.200. The molecule has 1 aliphatic rings. The Balaban J connectivity index is 1.69. The van der Waals surface area contributed by atoms with E-state index in [0.29, 0.717) is 18.3 Å². The van der Waals surface area contributed by atoms with Gasteiger partial charge >= 0.3 is 0 Å². The van der Waals surface area contributed by atoms with Crippen LogP contribution in [0.15, 0.2) is 21.3 Å². The summed E-state index contributed by atoms with van der Waals surface area (Å²) in [5.74, 6) is 1.27. The summed E-state index contributed by atoms with van der Waals surface area (Å²) < 4.78 is 5.30. The predicted octanol–water partition coefficient (Wildman–Crippen LogP) is 2.14. The summed E-state index contributed by atoms with van der Waals surface area (Å²) in [6, 6.07) is 2.21. The molecular weight excluding hydrogens is 262 g/mol. The molecule has 0 aliphatic carbocycles. The van der Waals surface area contributed by atoms with E-state index in [9.17, 15) is 5.11 Å². The van der Waals surface area contributed by atoms with Crippen LogP contribution in [-0.2, 0) is 6.54 Å². The molecule has 0 radical (unpaired) electrons. The first-order valence-electron chi connectivity index (χ1n) is 6.57. The van der Waals surface area contributed by atoms with E-state index in [1.165, 1.54) is 12.8 Å². The van der Waals surface area contributed by atoms with E-state index in [1.807, 2.05) is 16.8 Å². The highest BCUT2D eigenvalue weighted by atomic mass is 32.1. The third kappa shape index (κ3) is 2.86. The van der Waals surface area contributed by atoms with Crippen molar-refractivity contribution in [2.45, 2.75) is 31.8 Å². The minimum Gasteiger partial charge on any atom is -0.395 e. The molecule has 2 aromatic heterocycles. The van der Waals surface area contributed by atoms with Gasteiger partial charge in [0.2, 0.25) is 11.7 Å². The molecule has 5 nitrogen and oxygen atoms in total. The monoisotopic (exact) mass is 279 g/mol. The van der Waals surface area contributed by atoms with Crippen LogP contribution in [0.2, 0.25) is 0 Å². The molecule has 1 N–H and O–H groups in total. The van der Waals surface area contributed by atoms with Crippen LogP contribution in [-0.4, -0.2) is 39.3 Å². The maximum absolute atomic E-state index is 9.39. The lowest BCUT2D eigenvalue weighted by Crippen LogP contribution is -2.41. The van der Waals surface area contributed by atoms with E-state index in [2.05, 4.69) is 15.0 Å². The second-order valence-corrected chi connectivity index (χ2v) is 5.61. The maximum atomic E-state index is 9.39. The van der Waals surface area contributed by atoms with Gasteiger partial charge in [0.05, 0.1) is 13.2 Å². The number of thiophene rings is 1. The van der Waals surface area contributed by atoms with Crippen molar-refractivity contribution in [2.24, 2.45) is 0 Å². The lowest BCUT2D eigenvalue weighted by atomic mass is 10.0. The second-order valence-electron chi connectivity index (χ2n) is 4.83. The lowest BCUT2D eigenvalue weighted by Gasteiger charge is -2.33. The SMILES string of the molecule is OCC1CCCCN1Cc1nc(-c2ccsc2)no1. The number of aromatic nitrogens is 2. The Bertz CT molecular complexity index is 512. The second kappa shape index (κ2) is 5.81. The molecule has 0 aromatic carbocycles. The molecular formula is C13H17N3O2S. The zero-order valence-corrected chi connectivity index (χ0v) is 11.5. The molecule has 6 heteroatoms. The van der Waals surface area contributed by atoms with Crippen LogP contribution in [0.25, 0.3) is 11.4 Å². The van der Waals surface area contributed by atoms with Gasteiger partial charge < -0.3 is 9.63 Å². The topological polar surface area (TPSA) is 62.4 Å². The first kappa shape index (κ1) is 12.8. The van der Waals surface area contributed by atoms with Crippen molar-refractivity contribution in [2.75, 3.05) is 13.2 Å². The molecule has 1 saturated heterocycles. The van der Waals surface area contributed by atoms with E-state index >= 15 is 0 Å². The fourth-order valence-electron chi connectivity index (χ4n) is 2.48. The van der Waals surface area contributed by atoms with E-state index in [4.69, 9.17) is 4.52 Å². The Labute approximate surface area is 115 Å². The van der Waals surface area contributed by atoms with E-state index < -0.39 is 0 Å². The van der Waals surface area contributed by atoms with Crippen molar-refractivity contribution in [3.05, 3.63) is 22.7 Å². The molecule has 1 unspecified atom stereocenters. The number of hydrogen-bond acceptors (Lipinski definition) is 6. The van der Waals surface area contributed by atoms with Gasteiger partial charge in [0, 0.05) is 17.0 Å². The van der Waals surface area contributed by atoms with Crippen LogP contribution in [0.4, 0.5) is 0 Å². The van der Waals surface area contributed by atoms with Gasteiger partial charge in [-0.3, -0.25) is 4.90 Å². The quantitative estimate of drug-likeness (QED) is 0.929. The van der Waals surface area contributed by atoms with Crippen molar-refractivity contribution in [1.29, 1.82) is 0 Å². The van der Waals surface area contributed by atoms with Crippen molar-refractivity contribution in [1.82, 2.24) is 15.0 Å². The van der Waals surface area contributed by atoms with E-state index in [0.717, 1.165) is 18.5 Å². The molecule has 1 aliphatic heterocycles. The molecule has 3 heterocycles. The summed E-state index contributed by atoms with van der Waals surface area (Å²) in [4.78, 5) is 6.65. The molecule has 0 spiro atoms. The number of hydrogen-bond donors (Lipinski definition) is 1. The Morgan fingerprint density at radius 2 is 2.42 bits per heavy atom. The van der Waals surface area contributed by atoms with Crippen LogP contribution in [0.1, 0.15) is 25.2 Å². The summed E-state index contributed by atoms with van der Waals surface area (Å²) in [6.45, 7) is 1.81. The van der Waals surface area contributed by atoms with Crippen molar-refractivity contribution >= 4 is 11.3 Å². The summed E-state index contributed by atoms with van der Waals surface area (Å²) in [5, 5.41) is 17.4. The average molecular weight is 279 g/mol. The summed E-state index contributed by atoms with van der Waals surface area (Å²) in [5.41, 5.74) is 0.998. The zero-order chi connectivity index (χ0) is 13.1. The van der Waals surface area contributed by atoms with Gasteiger partial charge in [0.25, 0.3) is 0 Å². The van der Waals surface area contributed by atoms with Crippen molar-refractivity contribution in [3.8, 4) is 11.4 Å². The minimum absolute atomic E-state index is 0.200. The summed E-state index contributed by atoms with van der Waals surface area (Å²) in [6.07, 6.45) is 3.40.